The molecule has 0 atom stereocenters. The summed E-state index contributed by atoms with van der Waals surface area (Å²) < 4.78 is 1.08. The van der Waals surface area contributed by atoms with Gasteiger partial charge >= 0.3 is 0 Å². The van der Waals surface area contributed by atoms with Crippen molar-refractivity contribution >= 4 is 21.7 Å². The van der Waals surface area contributed by atoms with Crippen LogP contribution in [0.15, 0.2) is 16.7 Å². The van der Waals surface area contributed by atoms with E-state index in [-0.39, 0.29) is 0 Å². The Morgan fingerprint density at radius 1 is 1.41 bits per heavy atom. The van der Waals surface area contributed by atoms with Gasteiger partial charge in [-0.05, 0) is 53.2 Å². The van der Waals surface area contributed by atoms with Crippen LogP contribution >= 0.6 is 15.9 Å². The van der Waals surface area contributed by atoms with Crippen LogP contribution in [-0.2, 0) is 0 Å². The summed E-state index contributed by atoms with van der Waals surface area (Å²) in [6.45, 7) is 3.14. The van der Waals surface area contributed by atoms with E-state index in [1.54, 1.807) is 0 Å². The van der Waals surface area contributed by atoms with Gasteiger partial charge in [0.15, 0.2) is 0 Å². The maximum absolute atomic E-state index is 4.35. The second-order valence-electron chi connectivity index (χ2n) is 5.04. The van der Waals surface area contributed by atoms with Crippen molar-refractivity contribution in [1.29, 1.82) is 0 Å². The van der Waals surface area contributed by atoms with E-state index in [0.717, 1.165) is 22.8 Å². The van der Waals surface area contributed by atoms with Crippen LogP contribution in [0, 0.1) is 12.8 Å². The highest BCUT2D eigenvalue weighted by molar-refractivity contribution is 9.10. The van der Waals surface area contributed by atoms with E-state index in [0.29, 0.717) is 0 Å². The van der Waals surface area contributed by atoms with Crippen LogP contribution in [0.2, 0.25) is 0 Å². The first-order valence-electron chi connectivity index (χ1n) is 6.62. The Morgan fingerprint density at radius 2 is 2.18 bits per heavy atom. The van der Waals surface area contributed by atoms with Gasteiger partial charge in [0.25, 0.3) is 0 Å². The van der Waals surface area contributed by atoms with Crippen molar-refractivity contribution in [1.82, 2.24) is 4.98 Å². The molecule has 0 bridgehead atoms. The molecule has 1 N–H and O–H groups in total. The Labute approximate surface area is 112 Å². The first kappa shape index (κ1) is 12.9. The molecule has 94 valence electrons. The monoisotopic (exact) mass is 296 g/mol. The molecule has 0 amide bonds. The average Bonchev–Trinajstić information content (AvgIpc) is 2.82. The van der Waals surface area contributed by atoms with Gasteiger partial charge in [-0.15, -0.1) is 0 Å². The summed E-state index contributed by atoms with van der Waals surface area (Å²) in [6.07, 6.45) is 10.3. The fraction of sp³-hybridized carbons (Fsp3) is 0.643. The molecule has 0 saturated heterocycles. The third-order valence-electron chi connectivity index (χ3n) is 3.62. The van der Waals surface area contributed by atoms with Gasteiger partial charge in [0.2, 0.25) is 0 Å². The molecule has 0 unspecified atom stereocenters. The second-order valence-corrected chi connectivity index (χ2v) is 5.89. The molecule has 0 spiro atoms. The number of nitrogens with one attached hydrogen (secondary N) is 1. The summed E-state index contributed by atoms with van der Waals surface area (Å²) in [5.41, 5.74) is 1.23. The predicted octanol–water partition coefficient (Wildman–Crippen LogP) is 4.53. The number of aromatic nitrogens is 1. The van der Waals surface area contributed by atoms with Gasteiger partial charge < -0.3 is 5.32 Å². The number of hydrogen-bond donors (Lipinski definition) is 1. The lowest BCUT2D eigenvalue weighted by Gasteiger charge is -2.10. The zero-order chi connectivity index (χ0) is 12.1. The van der Waals surface area contributed by atoms with Gasteiger partial charge in [0.1, 0.15) is 5.82 Å². The van der Waals surface area contributed by atoms with Crippen LogP contribution < -0.4 is 5.32 Å². The molecule has 1 fully saturated rings. The van der Waals surface area contributed by atoms with Crippen molar-refractivity contribution in [2.45, 2.75) is 45.4 Å². The van der Waals surface area contributed by atoms with E-state index in [1.807, 2.05) is 6.20 Å². The quantitative estimate of drug-likeness (QED) is 0.807. The summed E-state index contributed by atoms with van der Waals surface area (Å²) in [5.74, 6) is 1.99. The SMILES string of the molecule is Cc1cc(NCCCC2CCCC2)ncc1Br. The molecule has 2 rings (SSSR count). The molecule has 1 heterocycles. The maximum atomic E-state index is 4.35. The number of nitrogens with zero attached hydrogens (tertiary/aromatic N) is 1. The summed E-state index contributed by atoms with van der Waals surface area (Å²) in [5, 5.41) is 3.40. The van der Waals surface area contributed by atoms with Gasteiger partial charge in [-0.2, -0.15) is 0 Å². The number of rotatable bonds is 5. The molecule has 1 aromatic rings. The van der Waals surface area contributed by atoms with E-state index in [4.69, 9.17) is 0 Å². The molecule has 2 nitrogen and oxygen atoms in total. The fourth-order valence-electron chi connectivity index (χ4n) is 2.54. The summed E-state index contributed by atoms with van der Waals surface area (Å²) in [4.78, 5) is 4.35. The molecular weight excluding hydrogens is 276 g/mol. The summed E-state index contributed by atoms with van der Waals surface area (Å²) >= 11 is 3.47. The van der Waals surface area contributed by atoms with Crippen molar-refractivity contribution in [2.24, 2.45) is 5.92 Å². The van der Waals surface area contributed by atoms with Gasteiger partial charge in [0.05, 0.1) is 0 Å². The Morgan fingerprint density at radius 3 is 2.88 bits per heavy atom. The smallest absolute Gasteiger partial charge is 0.126 e. The van der Waals surface area contributed by atoms with Crippen LogP contribution in [0.1, 0.15) is 44.1 Å². The van der Waals surface area contributed by atoms with Crippen LogP contribution in [0.3, 0.4) is 0 Å². The van der Waals surface area contributed by atoms with Crippen molar-refractivity contribution in [2.75, 3.05) is 11.9 Å². The molecule has 0 radical (unpaired) electrons. The third-order valence-corrected chi connectivity index (χ3v) is 4.45. The maximum Gasteiger partial charge on any atom is 0.126 e. The van der Waals surface area contributed by atoms with E-state index in [9.17, 15) is 0 Å². The molecular formula is C14H21BrN2. The van der Waals surface area contributed by atoms with Crippen molar-refractivity contribution in [3.63, 3.8) is 0 Å². The predicted molar refractivity (Wildman–Crippen MR) is 76.4 cm³/mol. The zero-order valence-corrected chi connectivity index (χ0v) is 12.1. The number of pyridine rings is 1. The number of hydrogen-bond acceptors (Lipinski definition) is 2. The van der Waals surface area contributed by atoms with E-state index >= 15 is 0 Å². The number of halogens is 1. The molecule has 0 aromatic carbocycles. The number of aryl methyl sites for hydroxylation is 1. The Kier molecular flexibility index (Phi) is 4.84. The molecule has 1 aliphatic rings. The Bertz CT molecular complexity index is 359. The Balaban J connectivity index is 1.68. The topological polar surface area (TPSA) is 24.9 Å². The molecule has 17 heavy (non-hydrogen) atoms. The lowest BCUT2D eigenvalue weighted by Crippen LogP contribution is -2.05. The normalized spacial score (nSPS) is 16.4. The fourth-order valence-corrected chi connectivity index (χ4v) is 2.76. The molecule has 0 aliphatic heterocycles. The van der Waals surface area contributed by atoms with E-state index in [1.165, 1.54) is 44.1 Å². The lowest BCUT2D eigenvalue weighted by atomic mass is 10.0. The molecule has 1 saturated carbocycles. The highest BCUT2D eigenvalue weighted by Gasteiger charge is 2.13. The van der Waals surface area contributed by atoms with Crippen LogP contribution in [-0.4, -0.2) is 11.5 Å². The van der Waals surface area contributed by atoms with Gasteiger partial charge in [-0.25, -0.2) is 4.98 Å². The molecule has 3 heteroatoms. The molecule has 1 aliphatic carbocycles. The third kappa shape index (κ3) is 3.98. The summed E-state index contributed by atoms with van der Waals surface area (Å²) in [7, 11) is 0. The minimum Gasteiger partial charge on any atom is -0.370 e. The highest BCUT2D eigenvalue weighted by Crippen LogP contribution is 2.28. The standard InChI is InChI=1S/C14H21BrN2/c1-11-9-14(17-10-13(11)15)16-8-4-7-12-5-2-3-6-12/h9-10,12H,2-8H2,1H3,(H,16,17). The van der Waals surface area contributed by atoms with Crippen LogP contribution in [0.25, 0.3) is 0 Å². The minimum absolute atomic E-state index is 0.997. The average molecular weight is 297 g/mol. The van der Waals surface area contributed by atoms with Gasteiger partial charge in [0, 0.05) is 17.2 Å². The first-order valence-corrected chi connectivity index (χ1v) is 7.41. The lowest BCUT2D eigenvalue weighted by molar-refractivity contribution is 0.491. The highest BCUT2D eigenvalue weighted by atomic mass is 79.9. The van der Waals surface area contributed by atoms with Crippen molar-refractivity contribution in [3.8, 4) is 0 Å². The van der Waals surface area contributed by atoms with Crippen LogP contribution in [0.5, 0.6) is 0 Å². The molecule has 1 aromatic heterocycles. The zero-order valence-electron chi connectivity index (χ0n) is 10.5. The first-order chi connectivity index (χ1) is 8.25. The summed E-state index contributed by atoms with van der Waals surface area (Å²) in [6, 6.07) is 2.10. The van der Waals surface area contributed by atoms with E-state index < -0.39 is 0 Å². The van der Waals surface area contributed by atoms with Crippen molar-refractivity contribution in [3.05, 3.63) is 22.3 Å². The number of anilines is 1. The van der Waals surface area contributed by atoms with E-state index in [2.05, 4.69) is 39.2 Å². The largest absolute Gasteiger partial charge is 0.370 e. The van der Waals surface area contributed by atoms with Crippen LogP contribution in [0.4, 0.5) is 5.82 Å². The Hall–Kier alpha value is -0.570. The van der Waals surface area contributed by atoms with Crippen molar-refractivity contribution < 1.29 is 0 Å². The second kappa shape index (κ2) is 6.39. The minimum atomic E-state index is 0.997. The van der Waals surface area contributed by atoms with Gasteiger partial charge in [-0.3, -0.25) is 0 Å². The van der Waals surface area contributed by atoms with Gasteiger partial charge in [-0.1, -0.05) is 25.7 Å².